The van der Waals surface area contributed by atoms with Crippen molar-refractivity contribution in [3.05, 3.63) is 29.8 Å². The summed E-state index contributed by atoms with van der Waals surface area (Å²) in [6.45, 7) is 14.2. The summed E-state index contributed by atoms with van der Waals surface area (Å²) in [5, 5.41) is 0. The molecule has 0 bridgehead atoms. The number of methoxy groups -OCH3 is 1. The summed E-state index contributed by atoms with van der Waals surface area (Å²) in [5.74, 6) is 5.03. The molecule has 0 unspecified atom stereocenters. The molecule has 32 heavy (non-hydrogen) atoms. The fraction of sp³-hybridized carbons (Fsp3) is 0.786. The monoisotopic (exact) mass is 459 g/mol. The van der Waals surface area contributed by atoms with E-state index in [9.17, 15) is 0 Å². The molecule has 0 saturated heterocycles. The van der Waals surface area contributed by atoms with Crippen molar-refractivity contribution in [3.8, 4) is 5.75 Å². The van der Waals surface area contributed by atoms with Crippen LogP contribution >= 0.6 is 0 Å². The Balaban J connectivity index is 1.79. The molecule has 1 radical (unpaired) electrons. The lowest BCUT2D eigenvalue weighted by molar-refractivity contribution is -0.0152. The Bertz CT molecular complexity index is 640. The first-order chi connectivity index (χ1) is 15.3. The van der Waals surface area contributed by atoms with Crippen LogP contribution in [0.4, 0.5) is 0 Å². The van der Waals surface area contributed by atoms with Gasteiger partial charge in [-0.3, -0.25) is 0 Å². The van der Waals surface area contributed by atoms with Gasteiger partial charge in [0.25, 0.3) is 0 Å². The van der Waals surface area contributed by atoms with Crippen molar-refractivity contribution in [1.29, 1.82) is 0 Å². The van der Waals surface area contributed by atoms with Crippen LogP contribution in [0, 0.1) is 35.5 Å². The third-order valence-electron chi connectivity index (χ3n) is 8.00. The van der Waals surface area contributed by atoms with Crippen LogP contribution in [0.1, 0.15) is 85.6 Å². The van der Waals surface area contributed by atoms with E-state index in [-0.39, 0.29) is 0 Å². The summed E-state index contributed by atoms with van der Waals surface area (Å²) in [4.78, 5) is 0. The van der Waals surface area contributed by atoms with Crippen LogP contribution in [-0.4, -0.2) is 28.6 Å². The maximum Gasteiger partial charge on any atom is 0.389 e. The van der Waals surface area contributed by atoms with E-state index < -0.39 is 9.28 Å². The van der Waals surface area contributed by atoms with Gasteiger partial charge in [-0.15, -0.1) is 0 Å². The van der Waals surface area contributed by atoms with E-state index in [1.54, 1.807) is 7.11 Å². The fourth-order valence-electron chi connectivity index (χ4n) is 5.86. The second-order valence-electron chi connectivity index (χ2n) is 11.4. The maximum atomic E-state index is 7.01. The van der Waals surface area contributed by atoms with Gasteiger partial charge in [-0.25, -0.2) is 0 Å². The van der Waals surface area contributed by atoms with Crippen LogP contribution in [0.15, 0.2) is 24.3 Å². The zero-order valence-corrected chi connectivity index (χ0v) is 22.6. The third-order valence-corrected chi connectivity index (χ3v) is 9.82. The molecule has 3 rings (SSSR count). The molecule has 2 aliphatic rings. The van der Waals surface area contributed by atoms with Gasteiger partial charge < -0.3 is 13.6 Å². The largest absolute Gasteiger partial charge is 0.497 e. The second kappa shape index (κ2) is 12.0. The van der Waals surface area contributed by atoms with Gasteiger partial charge >= 0.3 is 9.28 Å². The first-order valence-electron chi connectivity index (χ1n) is 13.1. The Morgan fingerprint density at radius 2 is 1.25 bits per heavy atom. The van der Waals surface area contributed by atoms with E-state index in [2.05, 4.69) is 65.8 Å². The molecule has 2 saturated carbocycles. The van der Waals surface area contributed by atoms with Crippen molar-refractivity contribution in [1.82, 2.24) is 0 Å². The molecule has 0 amide bonds. The van der Waals surface area contributed by atoms with Gasteiger partial charge in [0.15, 0.2) is 0 Å². The molecule has 2 aliphatic carbocycles. The van der Waals surface area contributed by atoms with E-state index in [4.69, 9.17) is 13.6 Å². The lowest BCUT2D eigenvalue weighted by atomic mass is 9.75. The molecule has 0 spiro atoms. The summed E-state index contributed by atoms with van der Waals surface area (Å²) in [6, 6.07) is 9.40. The van der Waals surface area contributed by atoms with Gasteiger partial charge in [-0.05, 0) is 78.9 Å². The Labute approximate surface area is 199 Å². The van der Waals surface area contributed by atoms with Crippen molar-refractivity contribution in [2.75, 3.05) is 7.11 Å². The van der Waals surface area contributed by atoms with Gasteiger partial charge in [0.2, 0.25) is 0 Å². The topological polar surface area (TPSA) is 27.7 Å². The highest BCUT2D eigenvalue weighted by Crippen LogP contribution is 2.38. The van der Waals surface area contributed by atoms with Crippen LogP contribution in [0.2, 0.25) is 0 Å². The number of hydrogen-bond donors (Lipinski definition) is 0. The van der Waals surface area contributed by atoms with E-state index in [0.717, 1.165) is 23.6 Å². The lowest BCUT2D eigenvalue weighted by Crippen LogP contribution is -2.45. The van der Waals surface area contributed by atoms with E-state index in [1.807, 2.05) is 0 Å². The minimum absolute atomic E-state index is 0.337. The first kappa shape index (κ1) is 25.8. The van der Waals surface area contributed by atoms with Gasteiger partial charge in [0.1, 0.15) is 5.75 Å². The van der Waals surface area contributed by atoms with Crippen molar-refractivity contribution >= 4 is 9.28 Å². The van der Waals surface area contributed by atoms with Crippen molar-refractivity contribution in [3.63, 3.8) is 0 Å². The van der Waals surface area contributed by atoms with Crippen LogP contribution in [-0.2, 0) is 14.9 Å². The number of rotatable bonds is 9. The van der Waals surface area contributed by atoms with Gasteiger partial charge in [0.05, 0.1) is 19.3 Å². The number of hydrogen-bond acceptors (Lipinski definition) is 3. The highest BCUT2D eigenvalue weighted by Gasteiger charge is 2.38. The average Bonchev–Trinajstić information content (AvgIpc) is 2.74. The summed E-state index contributed by atoms with van der Waals surface area (Å²) in [7, 11) is 0.293. The van der Waals surface area contributed by atoms with E-state index in [1.165, 1.54) is 44.1 Å². The lowest BCUT2D eigenvalue weighted by Gasteiger charge is -2.41. The number of benzene rings is 1. The first-order valence-corrected chi connectivity index (χ1v) is 14.6. The molecule has 2 fully saturated rings. The SMILES string of the molecule is COc1ccc(C[Si](O[C@@H]2C[C@H](C)CC[C@H]2C(C)C)O[C@@H]2C[C@H](C)CC[C@H]2C(C)C)cc1. The Kier molecular flexibility index (Phi) is 9.69. The summed E-state index contributed by atoms with van der Waals surface area (Å²) >= 11 is 0. The van der Waals surface area contributed by atoms with Crippen LogP contribution in [0.5, 0.6) is 5.75 Å². The molecular weight excluding hydrogens is 412 g/mol. The highest BCUT2D eigenvalue weighted by molar-refractivity contribution is 6.44. The molecule has 0 aliphatic heterocycles. The molecule has 0 N–H and O–H groups in total. The smallest absolute Gasteiger partial charge is 0.389 e. The Morgan fingerprint density at radius 3 is 1.66 bits per heavy atom. The normalized spacial score (nSPS) is 31.4. The minimum Gasteiger partial charge on any atom is -0.497 e. The van der Waals surface area contributed by atoms with Gasteiger partial charge in [-0.1, -0.05) is 66.5 Å². The molecule has 1 aromatic carbocycles. The second-order valence-corrected chi connectivity index (χ2v) is 12.9. The molecule has 0 heterocycles. The third kappa shape index (κ3) is 7.08. The van der Waals surface area contributed by atoms with Gasteiger partial charge in [0, 0.05) is 6.04 Å². The minimum atomic E-state index is -1.43. The summed E-state index contributed by atoms with van der Waals surface area (Å²) in [6.07, 6.45) is 8.27. The van der Waals surface area contributed by atoms with E-state index in [0.29, 0.717) is 35.9 Å². The van der Waals surface area contributed by atoms with Crippen LogP contribution < -0.4 is 4.74 Å². The zero-order valence-electron chi connectivity index (χ0n) is 21.6. The highest BCUT2D eigenvalue weighted by atomic mass is 28.3. The van der Waals surface area contributed by atoms with E-state index >= 15 is 0 Å². The maximum absolute atomic E-state index is 7.01. The predicted molar refractivity (Wildman–Crippen MR) is 135 cm³/mol. The standard InChI is InChI=1S/C28H47O3Si/c1-19(2)25-14-8-21(5)16-27(25)30-32(18-23-10-12-24(29-7)13-11-23)31-28-17-22(6)9-15-26(28)20(3)4/h10-13,19-22,25-28H,8-9,14-18H2,1-7H3/t21-,22-,25+,26+,27-,28-/m1/s1. The summed E-state index contributed by atoms with van der Waals surface area (Å²) in [5.41, 5.74) is 1.30. The summed E-state index contributed by atoms with van der Waals surface area (Å²) < 4.78 is 19.4. The van der Waals surface area contributed by atoms with Crippen molar-refractivity contribution < 1.29 is 13.6 Å². The Morgan fingerprint density at radius 1 is 0.781 bits per heavy atom. The zero-order chi connectivity index (χ0) is 23.3. The fourth-order valence-corrected chi connectivity index (χ4v) is 7.87. The molecule has 1 aromatic rings. The average molecular weight is 460 g/mol. The van der Waals surface area contributed by atoms with Crippen molar-refractivity contribution in [2.24, 2.45) is 35.5 Å². The molecule has 3 nitrogen and oxygen atoms in total. The van der Waals surface area contributed by atoms with Crippen LogP contribution in [0.3, 0.4) is 0 Å². The quantitative estimate of drug-likeness (QED) is 0.365. The van der Waals surface area contributed by atoms with Crippen LogP contribution in [0.25, 0.3) is 0 Å². The molecular formula is C28H47O3Si. The molecule has 0 aromatic heterocycles. The molecule has 6 atom stereocenters. The van der Waals surface area contributed by atoms with Crippen molar-refractivity contribution in [2.45, 2.75) is 98.3 Å². The molecule has 4 heteroatoms. The molecule has 181 valence electrons. The predicted octanol–water partition coefficient (Wildman–Crippen LogP) is 7.22. The van der Waals surface area contributed by atoms with Gasteiger partial charge in [-0.2, -0.15) is 0 Å². The number of ether oxygens (including phenoxy) is 1. The Hall–Kier alpha value is -0.843.